The number of hydrogen-bond acceptors (Lipinski definition) is 4. The lowest BCUT2D eigenvalue weighted by Crippen LogP contribution is -2.19. The van der Waals surface area contributed by atoms with E-state index in [1.165, 1.54) is 5.56 Å². The lowest BCUT2D eigenvalue weighted by molar-refractivity contribution is 0.210. The third-order valence-electron chi connectivity index (χ3n) is 2.32. The number of pyridine rings is 1. The van der Waals surface area contributed by atoms with Crippen LogP contribution in [0.2, 0.25) is 0 Å². The van der Waals surface area contributed by atoms with Crippen LogP contribution in [0.15, 0.2) is 18.3 Å². The SMILES string of the molecule is COCCNc1cc(CNCC(C)C)ccn1. The highest BCUT2D eigenvalue weighted by Gasteiger charge is 1.98. The Labute approximate surface area is 104 Å². The van der Waals surface area contributed by atoms with Crippen molar-refractivity contribution in [3.63, 3.8) is 0 Å². The molecule has 0 fully saturated rings. The summed E-state index contributed by atoms with van der Waals surface area (Å²) in [4.78, 5) is 4.26. The summed E-state index contributed by atoms with van der Waals surface area (Å²) in [5.74, 6) is 1.59. The molecule has 0 saturated carbocycles. The minimum Gasteiger partial charge on any atom is -0.383 e. The first-order chi connectivity index (χ1) is 8.22. The summed E-state index contributed by atoms with van der Waals surface area (Å²) in [5, 5.41) is 6.64. The fraction of sp³-hybridized carbons (Fsp3) is 0.615. The second kappa shape index (κ2) is 8.03. The van der Waals surface area contributed by atoms with E-state index in [1.807, 2.05) is 12.3 Å². The number of aromatic nitrogens is 1. The van der Waals surface area contributed by atoms with E-state index in [1.54, 1.807) is 7.11 Å². The average molecular weight is 237 g/mol. The van der Waals surface area contributed by atoms with E-state index in [0.717, 1.165) is 25.5 Å². The third kappa shape index (κ3) is 6.24. The van der Waals surface area contributed by atoms with Crippen molar-refractivity contribution in [1.82, 2.24) is 10.3 Å². The fourth-order valence-corrected chi connectivity index (χ4v) is 1.47. The largest absolute Gasteiger partial charge is 0.383 e. The van der Waals surface area contributed by atoms with E-state index >= 15 is 0 Å². The minimum atomic E-state index is 0.677. The summed E-state index contributed by atoms with van der Waals surface area (Å²) >= 11 is 0. The Bertz CT molecular complexity index is 315. The zero-order chi connectivity index (χ0) is 12.5. The second-order valence-electron chi connectivity index (χ2n) is 4.49. The quantitative estimate of drug-likeness (QED) is 0.678. The van der Waals surface area contributed by atoms with Crippen molar-refractivity contribution in [2.24, 2.45) is 5.92 Å². The Morgan fingerprint density at radius 1 is 1.41 bits per heavy atom. The minimum absolute atomic E-state index is 0.677. The molecule has 1 heterocycles. The molecule has 2 N–H and O–H groups in total. The summed E-state index contributed by atoms with van der Waals surface area (Å²) in [6.45, 7) is 7.81. The van der Waals surface area contributed by atoms with Gasteiger partial charge < -0.3 is 15.4 Å². The molecule has 0 aliphatic heterocycles. The summed E-state index contributed by atoms with van der Waals surface area (Å²) in [6.07, 6.45) is 1.83. The van der Waals surface area contributed by atoms with Gasteiger partial charge in [-0.3, -0.25) is 0 Å². The smallest absolute Gasteiger partial charge is 0.126 e. The van der Waals surface area contributed by atoms with Crippen molar-refractivity contribution in [3.05, 3.63) is 23.9 Å². The Morgan fingerprint density at radius 2 is 2.24 bits per heavy atom. The van der Waals surface area contributed by atoms with Crippen LogP contribution in [0, 0.1) is 5.92 Å². The molecule has 0 saturated heterocycles. The molecule has 1 rings (SSSR count). The second-order valence-corrected chi connectivity index (χ2v) is 4.49. The van der Waals surface area contributed by atoms with E-state index in [2.05, 4.69) is 35.5 Å². The molecule has 0 atom stereocenters. The van der Waals surface area contributed by atoms with Crippen molar-refractivity contribution in [3.8, 4) is 0 Å². The third-order valence-corrected chi connectivity index (χ3v) is 2.32. The molecule has 4 nitrogen and oxygen atoms in total. The van der Waals surface area contributed by atoms with Gasteiger partial charge in [0.05, 0.1) is 6.61 Å². The van der Waals surface area contributed by atoms with Crippen LogP contribution in [-0.2, 0) is 11.3 Å². The van der Waals surface area contributed by atoms with Crippen LogP contribution in [-0.4, -0.2) is 31.8 Å². The van der Waals surface area contributed by atoms with Gasteiger partial charge in [-0.05, 0) is 30.2 Å². The molecule has 1 aromatic heterocycles. The topological polar surface area (TPSA) is 46.2 Å². The number of nitrogens with zero attached hydrogens (tertiary/aromatic N) is 1. The summed E-state index contributed by atoms with van der Waals surface area (Å²) in [7, 11) is 1.70. The molecule has 0 bridgehead atoms. The van der Waals surface area contributed by atoms with Gasteiger partial charge in [0, 0.05) is 26.4 Å². The first-order valence-corrected chi connectivity index (χ1v) is 6.11. The average Bonchev–Trinajstić information content (AvgIpc) is 2.29. The number of anilines is 1. The number of ether oxygens (including phenoxy) is 1. The predicted molar refractivity (Wildman–Crippen MR) is 71.1 cm³/mol. The molecule has 0 unspecified atom stereocenters. The highest BCUT2D eigenvalue weighted by molar-refractivity contribution is 5.37. The van der Waals surface area contributed by atoms with Crippen molar-refractivity contribution in [1.29, 1.82) is 0 Å². The van der Waals surface area contributed by atoms with Gasteiger partial charge >= 0.3 is 0 Å². The Balaban J connectivity index is 2.37. The molecule has 96 valence electrons. The first-order valence-electron chi connectivity index (χ1n) is 6.11. The van der Waals surface area contributed by atoms with Crippen molar-refractivity contribution < 1.29 is 4.74 Å². The molecule has 0 aromatic carbocycles. The zero-order valence-corrected chi connectivity index (χ0v) is 11.0. The monoisotopic (exact) mass is 237 g/mol. The maximum atomic E-state index is 4.98. The molecular formula is C13H23N3O. The molecule has 4 heteroatoms. The lowest BCUT2D eigenvalue weighted by atomic mass is 10.2. The number of methoxy groups -OCH3 is 1. The first kappa shape index (κ1) is 13.9. The van der Waals surface area contributed by atoms with Gasteiger partial charge in [0.25, 0.3) is 0 Å². The standard InChI is InChI=1S/C13H23N3O/c1-11(2)9-14-10-12-4-5-15-13(8-12)16-6-7-17-3/h4-5,8,11,14H,6-7,9-10H2,1-3H3,(H,15,16). The van der Waals surface area contributed by atoms with Gasteiger partial charge in [-0.1, -0.05) is 13.8 Å². The van der Waals surface area contributed by atoms with Crippen LogP contribution in [0.1, 0.15) is 19.4 Å². The van der Waals surface area contributed by atoms with Crippen LogP contribution in [0.3, 0.4) is 0 Å². The fourth-order valence-electron chi connectivity index (χ4n) is 1.47. The van der Waals surface area contributed by atoms with Crippen LogP contribution in [0.4, 0.5) is 5.82 Å². The molecule has 0 radical (unpaired) electrons. The van der Waals surface area contributed by atoms with Gasteiger partial charge in [-0.2, -0.15) is 0 Å². The van der Waals surface area contributed by atoms with Crippen molar-refractivity contribution in [2.75, 3.05) is 32.1 Å². The van der Waals surface area contributed by atoms with E-state index in [-0.39, 0.29) is 0 Å². The van der Waals surface area contributed by atoms with E-state index in [9.17, 15) is 0 Å². The maximum Gasteiger partial charge on any atom is 0.126 e. The Kier molecular flexibility index (Phi) is 6.58. The molecule has 0 aliphatic rings. The maximum absolute atomic E-state index is 4.98. The lowest BCUT2D eigenvalue weighted by Gasteiger charge is -2.09. The van der Waals surface area contributed by atoms with Crippen LogP contribution in [0.5, 0.6) is 0 Å². The summed E-state index contributed by atoms with van der Waals surface area (Å²) < 4.78 is 4.98. The molecule has 1 aromatic rings. The normalized spacial score (nSPS) is 10.8. The summed E-state index contributed by atoms with van der Waals surface area (Å²) in [6, 6.07) is 4.11. The van der Waals surface area contributed by atoms with E-state index in [0.29, 0.717) is 12.5 Å². The van der Waals surface area contributed by atoms with E-state index < -0.39 is 0 Å². The Morgan fingerprint density at radius 3 is 2.94 bits per heavy atom. The van der Waals surface area contributed by atoms with Crippen molar-refractivity contribution in [2.45, 2.75) is 20.4 Å². The summed E-state index contributed by atoms with van der Waals surface area (Å²) in [5.41, 5.74) is 1.25. The van der Waals surface area contributed by atoms with Crippen molar-refractivity contribution >= 4 is 5.82 Å². The molecule has 0 spiro atoms. The highest BCUT2D eigenvalue weighted by atomic mass is 16.5. The van der Waals surface area contributed by atoms with Crippen LogP contribution >= 0.6 is 0 Å². The number of hydrogen-bond donors (Lipinski definition) is 2. The molecular weight excluding hydrogens is 214 g/mol. The van der Waals surface area contributed by atoms with Crippen LogP contribution < -0.4 is 10.6 Å². The van der Waals surface area contributed by atoms with Gasteiger partial charge in [0.15, 0.2) is 0 Å². The number of nitrogens with one attached hydrogen (secondary N) is 2. The zero-order valence-electron chi connectivity index (χ0n) is 11.0. The predicted octanol–water partition coefficient (Wildman–Crippen LogP) is 1.89. The van der Waals surface area contributed by atoms with E-state index in [4.69, 9.17) is 4.74 Å². The molecule has 0 aliphatic carbocycles. The van der Waals surface area contributed by atoms with Crippen LogP contribution in [0.25, 0.3) is 0 Å². The molecule has 0 amide bonds. The van der Waals surface area contributed by atoms with Gasteiger partial charge in [0.1, 0.15) is 5.82 Å². The number of rotatable bonds is 8. The van der Waals surface area contributed by atoms with Gasteiger partial charge in [0.2, 0.25) is 0 Å². The van der Waals surface area contributed by atoms with Gasteiger partial charge in [-0.25, -0.2) is 4.98 Å². The van der Waals surface area contributed by atoms with Gasteiger partial charge in [-0.15, -0.1) is 0 Å². The highest BCUT2D eigenvalue weighted by Crippen LogP contribution is 2.06. The molecule has 17 heavy (non-hydrogen) atoms. The Hall–Kier alpha value is -1.13.